The van der Waals surface area contributed by atoms with Crippen LogP contribution in [0, 0.1) is 11.8 Å². The maximum Gasteiger partial charge on any atom is 0.253 e. The van der Waals surface area contributed by atoms with Gasteiger partial charge in [-0.3, -0.25) is 14.6 Å². The maximum atomic E-state index is 12.8. The molecule has 8 nitrogen and oxygen atoms in total. The van der Waals surface area contributed by atoms with Crippen molar-refractivity contribution >= 4 is 24.2 Å². The van der Waals surface area contributed by atoms with Gasteiger partial charge in [0, 0.05) is 48.6 Å². The Morgan fingerprint density at radius 2 is 1.77 bits per heavy atom. The lowest BCUT2D eigenvalue weighted by Gasteiger charge is -2.20. The van der Waals surface area contributed by atoms with Crippen molar-refractivity contribution in [3.63, 3.8) is 0 Å². The molecule has 0 aliphatic carbocycles. The first-order valence-corrected chi connectivity index (χ1v) is 11.4. The van der Waals surface area contributed by atoms with Crippen molar-refractivity contribution in [1.82, 2.24) is 15.1 Å². The summed E-state index contributed by atoms with van der Waals surface area (Å²) in [4.78, 5) is 31.5. The summed E-state index contributed by atoms with van der Waals surface area (Å²) in [5.74, 6) is 5.93. The summed E-state index contributed by atoms with van der Waals surface area (Å²) in [6, 6.07) is 15.3. The number of carbonyl (C=O) groups is 2. The second kappa shape index (κ2) is 12.4. The third-order valence-electron chi connectivity index (χ3n) is 5.81. The first kappa shape index (κ1) is 25.5. The van der Waals surface area contributed by atoms with Gasteiger partial charge in [0.15, 0.2) is 12.0 Å². The molecule has 1 amide bonds. The number of likely N-dealkylation sites (N-methyl/N-ethyl adjacent to an activating group) is 1. The lowest BCUT2D eigenvalue weighted by Crippen LogP contribution is -2.34. The van der Waals surface area contributed by atoms with Crippen molar-refractivity contribution in [1.29, 1.82) is 0 Å². The van der Waals surface area contributed by atoms with Gasteiger partial charge in [-0.1, -0.05) is 11.8 Å². The lowest BCUT2D eigenvalue weighted by molar-refractivity contribution is -0.107. The molecule has 0 bridgehead atoms. The predicted molar refractivity (Wildman–Crippen MR) is 139 cm³/mol. The third kappa shape index (κ3) is 7.19. The highest BCUT2D eigenvalue weighted by Gasteiger charge is 2.27. The molecule has 1 aliphatic heterocycles. The molecule has 8 heteroatoms. The van der Waals surface area contributed by atoms with Gasteiger partial charge in [-0.2, -0.15) is 0 Å². The number of carbonyl (C=O) groups excluding carboxylic acids is 2. The van der Waals surface area contributed by atoms with Crippen LogP contribution < -0.4 is 10.6 Å². The number of nitrogens with one attached hydrogen (secondary N) is 2. The van der Waals surface area contributed by atoms with Gasteiger partial charge in [-0.25, -0.2) is 0 Å². The molecule has 1 atom stereocenters. The number of hydrogen-bond acceptors (Lipinski definition) is 6. The van der Waals surface area contributed by atoms with Crippen LogP contribution in [0.15, 0.2) is 65.0 Å². The van der Waals surface area contributed by atoms with Crippen molar-refractivity contribution in [3.8, 4) is 11.8 Å². The van der Waals surface area contributed by atoms with Crippen LogP contribution in [0.2, 0.25) is 0 Å². The monoisotopic (exact) mass is 473 g/mol. The van der Waals surface area contributed by atoms with E-state index in [4.69, 9.17) is 0 Å². The number of rotatable bonds is 8. The molecule has 1 aliphatic rings. The average Bonchev–Trinajstić information content (AvgIpc) is 3.38. The number of benzene rings is 2. The minimum atomic E-state index is -0.384. The van der Waals surface area contributed by atoms with E-state index in [1.165, 1.54) is 6.34 Å². The molecule has 1 saturated heterocycles. The Morgan fingerprint density at radius 1 is 1.14 bits per heavy atom. The average molecular weight is 474 g/mol. The largest absolute Gasteiger partial charge is 0.503 e. The maximum absolute atomic E-state index is 12.8. The lowest BCUT2D eigenvalue weighted by atomic mass is 10.1. The van der Waals surface area contributed by atoms with Gasteiger partial charge >= 0.3 is 0 Å². The minimum Gasteiger partial charge on any atom is -0.503 e. The van der Waals surface area contributed by atoms with Crippen LogP contribution in [-0.2, 0) is 4.79 Å². The van der Waals surface area contributed by atoms with Gasteiger partial charge in [0.05, 0.1) is 18.6 Å². The third-order valence-corrected chi connectivity index (χ3v) is 5.81. The summed E-state index contributed by atoms with van der Waals surface area (Å²) in [6.07, 6.45) is 2.77. The first-order chi connectivity index (χ1) is 16.9. The fourth-order valence-corrected chi connectivity index (χ4v) is 3.66. The van der Waals surface area contributed by atoms with Crippen molar-refractivity contribution < 1.29 is 14.7 Å². The number of amides is 1. The summed E-state index contributed by atoms with van der Waals surface area (Å²) < 4.78 is 0. The van der Waals surface area contributed by atoms with Gasteiger partial charge in [0.2, 0.25) is 0 Å². The Morgan fingerprint density at radius 3 is 2.31 bits per heavy atom. The predicted octanol–water partition coefficient (Wildman–Crippen LogP) is 2.49. The van der Waals surface area contributed by atoms with Gasteiger partial charge in [0.25, 0.3) is 5.91 Å². The van der Waals surface area contributed by atoms with Crippen LogP contribution in [0.3, 0.4) is 0 Å². The topological polar surface area (TPSA) is 97.3 Å². The molecule has 3 N–H and O–H groups in total. The van der Waals surface area contributed by atoms with E-state index in [-0.39, 0.29) is 18.2 Å². The minimum absolute atomic E-state index is 0.0635. The number of nitrogens with zero attached hydrogens (tertiary/aromatic N) is 3. The highest BCUT2D eigenvalue weighted by Crippen LogP contribution is 2.17. The number of anilines is 1. The summed E-state index contributed by atoms with van der Waals surface area (Å²) in [5.41, 5.74) is 3.48. The zero-order valence-corrected chi connectivity index (χ0v) is 20.3. The Bertz CT molecular complexity index is 1140. The SMILES string of the molecule is CN=CN/C(CNc1ccc(C#Cc2ccc(C(=O)N3CCC(N(C)C)C3)cc2)cc1)=C(/O)C=O. The molecule has 0 saturated carbocycles. The Kier molecular flexibility index (Phi) is 9.04. The summed E-state index contributed by atoms with van der Waals surface area (Å²) in [5, 5.41) is 15.6. The number of aliphatic hydroxyl groups excluding tert-OH is 1. The van der Waals surface area contributed by atoms with Gasteiger partial charge < -0.3 is 25.5 Å². The van der Waals surface area contributed by atoms with Crippen LogP contribution >= 0.6 is 0 Å². The standard InChI is InChI=1S/C27H31N5O3/c1-28-19-30-25(26(34)18-33)16-29-23-12-8-21(9-13-23)5-4-20-6-10-22(11-7-20)27(35)32-15-14-24(17-32)31(2)3/h6-13,18-19,24,29,34H,14-17H2,1-3H3,(H,28,30)/b26-25+. The van der Waals surface area contributed by atoms with Crippen LogP contribution in [0.1, 0.15) is 27.9 Å². The van der Waals surface area contributed by atoms with Crippen molar-refractivity contribution in [2.75, 3.05) is 46.1 Å². The van der Waals surface area contributed by atoms with E-state index < -0.39 is 0 Å². The van der Waals surface area contributed by atoms with Crippen LogP contribution in [0.25, 0.3) is 0 Å². The number of allylic oxidation sites excluding steroid dienone is 1. The van der Waals surface area contributed by atoms with Gasteiger partial charge in [-0.15, -0.1) is 0 Å². The smallest absolute Gasteiger partial charge is 0.253 e. The first-order valence-electron chi connectivity index (χ1n) is 11.4. The Labute approximate surface area is 206 Å². The molecule has 0 radical (unpaired) electrons. The number of aliphatic hydroxyl groups is 1. The molecule has 1 fully saturated rings. The molecule has 3 rings (SSSR count). The van der Waals surface area contributed by atoms with E-state index in [9.17, 15) is 14.7 Å². The van der Waals surface area contributed by atoms with Crippen LogP contribution in [0.4, 0.5) is 5.69 Å². The van der Waals surface area contributed by atoms with E-state index in [0.29, 0.717) is 23.6 Å². The summed E-state index contributed by atoms with van der Waals surface area (Å²) >= 11 is 0. The molecular formula is C27H31N5O3. The van der Waals surface area contributed by atoms with E-state index >= 15 is 0 Å². The van der Waals surface area contributed by atoms with E-state index in [2.05, 4.69) is 32.4 Å². The molecule has 182 valence electrons. The Balaban J connectivity index is 1.57. The van der Waals surface area contributed by atoms with E-state index in [1.807, 2.05) is 67.5 Å². The second-order valence-corrected chi connectivity index (χ2v) is 8.43. The fourth-order valence-electron chi connectivity index (χ4n) is 3.66. The van der Waals surface area contributed by atoms with Crippen molar-refractivity contribution in [2.45, 2.75) is 12.5 Å². The molecule has 0 aromatic heterocycles. The number of hydrogen-bond donors (Lipinski definition) is 3. The quantitative estimate of drug-likeness (QED) is 0.136. The van der Waals surface area contributed by atoms with E-state index in [0.717, 1.165) is 36.3 Å². The van der Waals surface area contributed by atoms with Crippen molar-refractivity contribution in [2.24, 2.45) is 4.99 Å². The molecule has 35 heavy (non-hydrogen) atoms. The number of likely N-dealkylation sites (tertiary alicyclic amines) is 1. The van der Waals surface area contributed by atoms with Crippen LogP contribution in [0.5, 0.6) is 0 Å². The summed E-state index contributed by atoms with van der Waals surface area (Å²) in [6.45, 7) is 1.77. The van der Waals surface area contributed by atoms with E-state index in [1.54, 1.807) is 7.05 Å². The number of aldehydes is 1. The zero-order chi connectivity index (χ0) is 25.2. The molecule has 0 spiro atoms. The van der Waals surface area contributed by atoms with Crippen molar-refractivity contribution in [3.05, 3.63) is 76.7 Å². The highest BCUT2D eigenvalue weighted by molar-refractivity contribution is 5.94. The van der Waals surface area contributed by atoms with Gasteiger partial charge in [0.1, 0.15) is 0 Å². The molecular weight excluding hydrogens is 442 g/mol. The van der Waals surface area contributed by atoms with Gasteiger partial charge in [-0.05, 0) is 69.0 Å². The second-order valence-electron chi connectivity index (χ2n) is 8.43. The zero-order valence-electron chi connectivity index (χ0n) is 20.3. The molecule has 1 unspecified atom stereocenters. The molecule has 1 heterocycles. The highest BCUT2D eigenvalue weighted by atomic mass is 16.3. The Hall–Kier alpha value is -4.09. The summed E-state index contributed by atoms with van der Waals surface area (Å²) in [7, 11) is 5.68. The van der Waals surface area contributed by atoms with Crippen LogP contribution in [-0.4, -0.2) is 80.3 Å². The molecule has 2 aromatic carbocycles. The molecule has 2 aromatic rings. The number of aliphatic imine (C=N–C) groups is 1. The normalized spacial score (nSPS) is 16.0. The fraction of sp³-hybridized carbons (Fsp3) is 0.296.